The van der Waals surface area contributed by atoms with E-state index in [0.717, 1.165) is 11.1 Å². The summed E-state index contributed by atoms with van der Waals surface area (Å²) in [7, 11) is 0. The van der Waals surface area contributed by atoms with Crippen LogP contribution in [-0.4, -0.2) is 30.2 Å². The van der Waals surface area contributed by atoms with Gasteiger partial charge in [0.1, 0.15) is 0 Å². The van der Waals surface area contributed by atoms with Gasteiger partial charge >= 0.3 is 5.97 Å². The van der Waals surface area contributed by atoms with E-state index in [0.29, 0.717) is 18.7 Å². The third-order valence-electron chi connectivity index (χ3n) is 3.15. The van der Waals surface area contributed by atoms with E-state index in [-0.39, 0.29) is 0 Å². The van der Waals surface area contributed by atoms with E-state index in [1.807, 2.05) is 27.6 Å². The number of benzene rings is 1. The lowest BCUT2D eigenvalue weighted by Gasteiger charge is -2.09. The second kappa shape index (κ2) is 5.62. The molecule has 21 heavy (non-hydrogen) atoms. The second-order valence-electron chi connectivity index (χ2n) is 4.81. The summed E-state index contributed by atoms with van der Waals surface area (Å²) >= 11 is 0. The minimum absolute atomic E-state index is 0.294. The number of carbonyl (C=O) groups is 1. The van der Waals surface area contributed by atoms with Crippen molar-refractivity contribution in [1.29, 1.82) is 0 Å². The summed E-state index contributed by atoms with van der Waals surface area (Å²) < 4.78 is 3.81. The van der Waals surface area contributed by atoms with Crippen molar-refractivity contribution < 1.29 is 9.90 Å². The minimum Gasteiger partial charge on any atom is -0.478 e. The van der Waals surface area contributed by atoms with Gasteiger partial charge in [0, 0.05) is 37.9 Å². The first kappa shape index (κ1) is 13.1. The molecular formula is C15H14N4O2. The summed E-state index contributed by atoms with van der Waals surface area (Å²) in [6.45, 7) is 1.19. The predicted molar refractivity (Wildman–Crippen MR) is 76.1 cm³/mol. The highest BCUT2D eigenvalue weighted by Crippen LogP contribution is 2.13. The van der Waals surface area contributed by atoms with Gasteiger partial charge in [-0.2, -0.15) is 0 Å². The fraction of sp³-hybridized carbons (Fsp3) is 0.133. The van der Waals surface area contributed by atoms with Gasteiger partial charge < -0.3 is 14.2 Å². The molecule has 2 heterocycles. The number of aromatic nitrogens is 4. The van der Waals surface area contributed by atoms with Gasteiger partial charge in [-0.3, -0.25) is 0 Å². The summed E-state index contributed by atoms with van der Waals surface area (Å²) in [6, 6.07) is 5.39. The van der Waals surface area contributed by atoms with Gasteiger partial charge in [0.15, 0.2) is 0 Å². The molecule has 0 radical (unpaired) electrons. The average Bonchev–Trinajstić information content (AvgIpc) is 3.12. The van der Waals surface area contributed by atoms with E-state index in [4.69, 9.17) is 0 Å². The third-order valence-corrected chi connectivity index (χ3v) is 3.15. The molecular weight excluding hydrogens is 268 g/mol. The zero-order valence-electron chi connectivity index (χ0n) is 11.3. The van der Waals surface area contributed by atoms with Crippen LogP contribution >= 0.6 is 0 Å². The predicted octanol–water partition coefficient (Wildman–Crippen LogP) is 1.87. The standard InChI is InChI=1S/C15H14N4O2/c20-15(21)14-6-12(8-18-3-1-16-10-18)5-13(7-14)9-19-4-2-17-11-19/h1-7,10-11H,8-9H2,(H,20,21). The van der Waals surface area contributed by atoms with Crippen LogP contribution in [0.15, 0.2) is 55.6 Å². The molecule has 106 valence electrons. The van der Waals surface area contributed by atoms with Crippen molar-refractivity contribution in [3.8, 4) is 0 Å². The lowest BCUT2D eigenvalue weighted by atomic mass is 10.1. The Morgan fingerprint density at radius 3 is 1.86 bits per heavy atom. The maximum atomic E-state index is 11.3. The highest BCUT2D eigenvalue weighted by molar-refractivity contribution is 5.88. The van der Waals surface area contributed by atoms with Crippen LogP contribution in [0.3, 0.4) is 0 Å². The number of imidazole rings is 2. The highest BCUT2D eigenvalue weighted by atomic mass is 16.4. The van der Waals surface area contributed by atoms with Crippen LogP contribution in [0.4, 0.5) is 0 Å². The highest BCUT2D eigenvalue weighted by Gasteiger charge is 2.08. The maximum Gasteiger partial charge on any atom is 0.335 e. The first-order valence-corrected chi connectivity index (χ1v) is 6.48. The molecule has 1 N–H and O–H groups in total. The zero-order chi connectivity index (χ0) is 14.7. The Hall–Kier alpha value is -2.89. The Labute approximate surface area is 121 Å². The molecule has 6 heteroatoms. The summed E-state index contributed by atoms with van der Waals surface area (Å²) in [4.78, 5) is 19.3. The van der Waals surface area contributed by atoms with Gasteiger partial charge in [-0.1, -0.05) is 6.07 Å². The molecule has 0 aliphatic rings. The van der Waals surface area contributed by atoms with Gasteiger partial charge in [-0.05, 0) is 23.3 Å². The topological polar surface area (TPSA) is 72.9 Å². The lowest BCUT2D eigenvalue weighted by molar-refractivity contribution is 0.0696. The molecule has 0 aliphatic heterocycles. The Morgan fingerprint density at radius 2 is 1.48 bits per heavy atom. The Balaban J connectivity index is 1.91. The second-order valence-corrected chi connectivity index (χ2v) is 4.81. The van der Waals surface area contributed by atoms with Crippen molar-refractivity contribution >= 4 is 5.97 Å². The molecule has 0 saturated carbocycles. The number of rotatable bonds is 5. The normalized spacial score (nSPS) is 10.7. The smallest absolute Gasteiger partial charge is 0.335 e. The number of carboxylic acids is 1. The molecule has 0 spiro atoms. The lowest BCUT2D eigenvalue weighted by Crippen LogP contribution is -2.05. The number of nitrogens with zero attached hydrogens (tertiary/aromatic N) is 4. The van der Waals surface area contributed by atoms with Crippen molar-refractivity contribution in [2.75, 3.05) is 0 Å². The van der Waals surface area contributed by atoms with Gasteiger partial charge in [-0.25, -0.2) is 14.8 Å². The molecule has 0 atom stereocenters. The molecule has 6 nitrogen and oxygen atoms in total. The van der Waals surface area contributed by atoms with Crippen LogP contribution in [0, 0.1) is 0 Å². The van der Waals surface area contributed by atoms with Gasteiger partial charge in [-0.15, -0.1) is 0 Å². The van der Waals surface area contributed by atoms with E-state index >= 15 is 0 Å². The molecule has 0 amide bonds. The van der Waals surface area contributed by atoms with Gasteiger partial charge in [0.05, 0.1) is 18.2 Å². The zero-order valence-corrected chi connectivity index (χ0v) is 11.3. The van der Waals surface area contributed by atoms with Crippen LogP contribution in [0.2, 0.25) is 0 Å². The molecule has 0 saturated heterocycles. The quantitative estimate of drug-likeness (QED) is 0.775. The molecule has 3 rings (SSSR count). The van der Waals surface area contributed by atoms with Crippen molar-refractivity contribution in [2.24, 2.45) is 0 Å². The van der Waals surface area contributed by atoms with E-state index in [1.165, 1.54) is 0 Å². The Morgan fingerprint density at radius 1 is 0.952 bits per heavy atom. The van der Waals surface area contributed by atoms with Gasteiger partial charge in [0.25, 0.3) is 0 Å². The minimum atomic E-state index is -0.922. The monoisotopic (exact) mass is 282 g/mol. The number of aromatic carboxylic acids is 1. The fourth-order valence-electron chi connectivity index (χ4n) is 2.25. The fourth-order valence-corrected chi connectivity index (χ4v) is 2.25. The maximum absolute atomic E-state index is 11.3. The molecule has 3 aromatic rings. The van der Waals surface area contributed by atoms with E-state index < -0.39 is 5.97 Å². The Kier molecular flexibility index (Phi) is 3.51. The van der Waals surface area contributed by atoms with Crippen molar-refractivity contribution in [3.63, 3.8) is 0 Å². The number of carboxylic acid groups (broad SMARTS) is 1. The van der Waals surface area contributed by atoms with Crippen LogP contribution < -0.4 is 0 Å². The van der Waals surface area contributed by atoms with Crippen LogP contribution in [-0.2, 0) is 13.1 Å². The average molecular weight is 282 g/mol. The van der Waals surface area contributed by atoms with Crippen molar-refractivity contribution in [2.45, 2.75) is 13.1 Å². The van der Waals surface area contributed by atoms with E-state index in [9.17, 15) is 9.90 Å². The summed E-state index contributed by atoms with van der Waals surface area (Å²) in [5.41, 5.74) is 2.16. The molecule has 0 unspecified atom stereocenters. The number of hydrogen-bond acceptors (Lipinski definition) is 3. The molecule has 0 aliphatic carbocycles. The van der Waals surface area contributed by atoms with E-state index in [1.54, 1.807) is 37.2 Å². The summed E-state index contributed by atoms with van der Waals surface area (Å²) in [5, 5.41) is 9.25. The van der Waals surface area contributed by atoms with Crippen molar-refractivity contribution in [1.82, 2.24) is 19.1 Å². The molecule has 0 fully saturated rings. The molecule has 2 aromatic heterocycles. The largest absolute Gasteiger partial charge is 0.478 e. The van der Waals surface area contributed by atoms with Crippen LogP contribution in [0.5, 0.6) is 0 Å². The molecule has 0 bridgehead atoms. The van der Waals surface area contributed by atoms with Crippen LogP contribution in [0.1, 0.15) is 21.5 Å². The SMILES string of the molecule is O=C(O)c1cc(Cn2ccnc2)cc(Cn2ccnc2)c1. The number of hydrogen-bond donors (Lipinski definition) is 1. The Bertz CT molecular complexity index is 679. The van der Waals surface area contributed by atoms with Gasteiger partial charge in [0.2, 0.25) is 0 Å². The molecule has 1 aromatic carbocycles. The summed E-state index contributed by atoms with van der Waals surface area (Å²) in [6.07, 6.45) is 10.5. The first-order valence-electron chi connectivity index (χ1n) is 6.48. The van der Waals surface area contributed by atoms with Crippen molar-refractivity contribution in [3.05, 3.63) is 72.3 Å². The summed E-state index contributed by atoms with van der Waals surface area (Å²) in [5.74, 6) is -0.922. The third kappa shape index (κ3) is 3.17. The van der Waals surface area contributed by atoms with Crippen LogP contribution in [0.25, 0.3) is 0 Å². The first-order chi connectivity index (χ1) is 10.2. The van der Waals surface area contributed by atoms with E-state index in [2.05, 4.69) is 9.97 Å².